The van der Waals surface area contributed by atoms with E-state index < -0.39 is 0 Å². The monoisotopic (exact) mass is 372 g/mol. The Hall–Kier alpha value is -1.78. The van der Waals surface area contributed by atoms with Crippen molar-refractivity contribution in [1.82, 2.24) is 19.7 Å². The highest BCUT2D eigenvalue weighted by atomic mass is 35.5. The molecule has 0 amide bonds. The molecule has 1 aliphatic rings. The summed E-state index contributed by atoms with van der Waals surface area (Å²) in [5, 5.41) is 5.85. The van der Waals surface area contributed by atoms with E-state index in [1.165, 1.54) is 48.0 Å². The number of benzene rings is 1. The third kappa shape index (κ3) is 3.97. The number of nitrogens with zero attached hydrogens (tertiary/aromatic N) is 3. The van der Waals surface area contributed by atoms with Gasteiger partial charge in [-0.2, -0.15) is 5.10 Å². The van der Waals surface area contributed by atoms with Gasteiger partial charge in [0.2, 0.25) is 0 Å². The van der Waals surface area contributed by atoms with Gasteiger partial charge in [-0.15, -0.1) is 12.4 Å². The normalized spacial score (nSPS) is 16.3. The lowest BCUT2D eigenvalue weighted by atomic mass is 9.89. The van der Waals surface area contributed by atoms with Gasteiger partial charge in [0.05, 0.1) is 6.20 Å². The molecule has 5 heteroatoms. The molecule has 0 saturated carbocycles. The van der Waals surface area contributed by atoms with Crippen LogP contribution in [0.1, 0.15) is 49.8 Å². The largest absolute Gasteiger partial charge is 0.361 e. The predicted octanol–water partition coefficient (Wildman–Crippen LogP) is 4.79. The van der Waals surface area contributed by atoms with Crippen molar-refractivity contribution in [2.24, 2.45) is 0 Å². The number of H-pyrrole nitrogens is 1. The highest BCUT2D eigenvalue weighted by molar-refractivity contribution is 5.85. The van der Waals surface area contributed by atoms with Gasteiger partial charge >= 0.3 is 0 Å². The average molecular weight is 373 g/mol. The minimum absolute atomic E-state index is 0. The van der Waals surface area contributed by atoms with E-state index in [4.69, 9.17) is 0 Å². The molecule has 1 fully saturated rings. The molecule has 1 aromatic carbocycles. The van der Waals surface area contributed by atoms with Crippen molar-refractivity contribution < 1.29 is 0 Å². The number of rotatable bonds is 5. The zero-order valence-corrected chi connectivity index (χ0v) is 16.5. The SMILES string of the molecule is CC(C)n1cc(CCN2CCC(c3c[nH]c4ccccc34)CC2)cn1.Cl. The van der Waals surface area contributed by atoms with Gasteiger partial charge in [0.25, 0.3) is 0 Å². The molecule has 0 spiro atoms. The third-order valence-corrected chi connectivity index (χ3v) is 5.55. The van der Waals surface area contributed by atoms with E-state index >= 15 is 0 Å². The number of hydrogen-bond donors (Lipinski definition) is 1. The molecule has 140 valence electrons. The van der Waals surface area contributed by atoms with E-state index in [1.807, 2.05) is 6.20 Å². The first-order valence-electron chi connectivity index (χ1n) is 9.52. The molecule has 0 aliphatic carbocycles. The molecule has 2 aromatic heterocycles. The summed E-state index contributed by atoms with van der Waals surface area (Å²) in [4.78, 5) is 6.04. The van der Waals surface area contributed by atoms with Crippen LogP contribution < -0.4 is 0 Å². The smallest absolute Gasteiger partial charge is 0.0522 e. The van der Waals surface area contributed by atoms with Crippen molar-refractivity contribution in [3.05, 3.63) is 54.0 Å². The third-order valence-electron chi connectivity index (χ3n) is 5.55. The fourth-order valence-corrected chi connectivity index (χ4v) is 3.98. The number of para-hydroxylation sites is 1. The highest BCUT2D eigenvalue weighted by Crippen LogP contribution is 2.33. The summed E-state index contributed by atoms with van der Waals surface area (Å²) in [6.45, 7) is 7.88. The first-order chi connectivity index (χ1) is 12.2. The van der Waals surface area contributed by atoms with Crippen LogP contribution in [-0.4, -0.2) is 39.3 Å². The second-order valence-electron chi connectivity index (χ2n) is 7.58. The van der Waals surface area contributed by atoms with Crippen molar-refractivity contribution in [2.45, 2.75) is 45.1 Å². The van der Waals surface area contributed by atoms with E-state index in [9.17, 15) is 0 Å². The van der Waals surface area contributed by atoms with Gasteiger partial charge in [0.1, 0.15) is 0 Å². The summed E-state index contributed by atoms with van der Waals surface area (Å²) in [5.41, 5.74) is 4.13. The fraction of sp³-hybridized carbons (Fsp3) is 0.476. The average Bonchev–Trinajstić information content (AvgIpc) is 3.28. The van der Waals surface area contributed by atoms with Gasteiger partial charge in [-0.25, -0.2) is 0 Å². The van der Waals surface area contributed by atoms with Crippen LogP contribution in [0.4, 0.5) is 0 Å². The topological polar surface area (TPSA) is 36.9 Å². The Morgan fingerprint density at radius 2 is 1.96 bits per heavy atom. The van der Waals surface area contributed by atoms with E-state index in [2.05, 4.69) is 70.2 Å². The molecule has 26 heavy (non-hydrogen) atoms. The van der Waals surface area contributed by atoms with E-state index in [0.29, 0.717) is 12.0 Å². The van der Waals surface area contributed by atoms with Crippen LogP contribution in [0.15, 0.2) is 42.9 Å². The number of nitrogens with one attached hydrogen (secondary N) is 1. The summed E-state index contributed by atoms with van der Waals surface area (Å²) in [5.74, 6) is 0.691. The van der Waals surface area contributed by atoms with Gasteiger partial charge in [-0.1, -0.05) is 18.2 Å². The first kappa shape index (κ1) is 19.0. The maximum absolute atomic E-state index is 4.45. The maximum Gasteiger partial charge on any atom is 0.0522 e. The Balaban J connectivity index is 0.00000196. The number of piperidine rings is 1. The Kier molecular flexibility index (Phi) is 6.05. The van der Waals surface area contributed by atoms with Crippen molar-refractivity contribution in [3.8, 4) is 0 Å². The molecular formula is C21H29ClN4. The summed E-state index contributed by atoms with van der Waals surface area (Å²) >= 11 is 0. The maximum atomic E-state index is 4.45. The van der Waals surface area contributed by atoms with Gasteiger partial charge < -0.3 is 9.88 Å². The summed E-state index contributed by atoms with van der Waals surface area (Å²) in [6, 6.07) is 9.12. The second kappa shape index (κ2) is 8.28. The molecule has 4 rings (SSSR count). The van der Waals surface area contributed by atoms with Crippen LogP contribution in [0.5, 0.6) is 0 Å². The summed E-state index contributed by atoms with van der Waals surface area (Å²) < 4.78 is 2.05. The van der Waals surface area contributed by atoms with E-state index in [0.717, 1.165) is 13.0 Å². The van der Waals surface area contributed by atoms with Crippen molar-refractivity contribution >= 4 is 23.3 Å². The highest BCUT2D eigenvalue weighted by Gasteiger charge is 2.22. The Bertz CT molecular complexity index is 827. The minimum Gasteiger partial charge on any atom is -0.361 e. The molecule has 3 heterocycles. The second-order valence-corrected chi connectivity index (χ2v) is 7.58. The van der Waals surface area contributed by atoms with Crippen LogP contribution in [0.25, 0.3) is 10.9 Å². The van der Waals surface area contributed by atoms with E-state index in [-0.39, 0.29) is 12.4 Å². The molecule has 1 aliphatic heterocycles. The Labute approximate surface area is 162 Å². The van der Waals surface area contributed by atoms with Crippen molar-refractivity contribution in [1.29, 1.82) is 0 Å². The zero-order chi connectivity index (χ0) is 17.2. The standard InChI is InChI=1S/C21H28N4.ClH/c1-16(2)25-15-17(13-23-25)7-10-24-11-8-18(9-12-24)20-14-22-21-6-4-3-5-19(20)21;/h3-6,13-16,18,22H,7-12H2,1-2H3;1H. The lowest BCUT2D eigenvalue weighted by Crippen LogP contribution is -2.34. The number of aromatic nitrogens is 3. The lowest BCUT2D eigenvalue weighted by molar-refractivity contribution is 0.215. The van der Waals surface area contributed by atoms with Crippen LogP contribution in [0.3, 0.4) is 0 Å². The lowest BCUT2D eigenvalue weighted by Gasteiger charge is -2.31. The Morgan fingerprint density at radius 1 is 1.19 bits per heavy atom. The quantitative estimate of drug-likeness (QED) is 0.699. The van der Waals surface area contributed by atoms with Gasteiger partial charge in [0.15, 0.2) is 0 Å². The molecule has 0 bridgehead atoms. The minimum atomic E-state index is 0. The van der Waals surface area contributed by atoms with Crippen LogP contribution >= 0.6 is 12.4 Å². The molecule has 0 radical (unpaired) electrons. The van der Waals surface area contributed by atoms with Crippen molar-refractivity contribution in [3.63, 3.8) is 0 Å². The summed E-state index contributed by atoms with van der Waals surface area (Å²) in [6.07, 6.45) is 10.1. The van der Waals surface area contributed by atoms with Crippen LogP contribution in [-0.2, 0) is 6.42 Å². The Morgan fingerprint density at radius 3 is 2.69 bits per heavy atom. The molecular weight excluding hydrogens is 344 g/mol. The molecule has 1 saturated heterocycles. The van der Waals surface area contributed by atoms with Gasteiger partial charge in [-0.3, -0.25) is 4.68 Å². The van der Waals surface area contributed by atoms with Gasteiger partial charge in [0, 0.05) is 35.9 Å². The number of hydrogen-bond acceptors (Lipinski definition) is 2. The molecule has 1 N–H and O–H groups in total. The molecule has 0 unspecified atom stereocenters. The summed E-state index contributed by atoms with van der Waals surface area (Å²) in [7, 11) is 0. The van der Waals surface area contributed by atoms with Gasteiger partial charge in [-0.05, 0) is 69.3 Å². The first-order valence-corrected chi connectivity index (χ1v) is 9.52. The predicted molar refractivity (Wildman–Crippen MR) is 110 cm³/mol. The zero-order valence-electron chi connectivity index (χ0n) is 15.7. The molecule has 3 aromatic rings. The van der Waals surface area contributed by atoms with Crippen LogP contribution in [0, 0.1) is 0 Å². The number of aromatic amines is 1. The molecule has 4 nitrogen and oxygen atoms in total. The molecule has 0 atom stereocenters. The fourth-order valence-electron chi connectivity index (χ4n) is 3.98. The van der Waals surface area contributed by atoms with Crippen LogP contribution in [0.2, 0.25) is 0 Å². The van der Waals surface area contributed by atoms with E-state index in [1.54, 1.807) is 0 Å². The number of likely N-dealkylation sites (tertiary alicyclic amines) is 1. The van der Waals surface area contributed by atoms with Crippen molar-refractivity contribution in [2.75, 3.05) is 19.6 Å². The number of fused-ring (bicyclic) bond motifs is 1. The number of halogens is 1.